The van der Waals surface area contributed by atoms with E-state index in [2.05, 4.69) is 37.1 Å². The monoisotopic (exact) mass is 641 g/mol. The van der Waals surface area contributed by atoms with Crippen LogP contribution in [0.1, 0.15) is 52.4 Å². The number of carbonyl (C=O) groups is 1. The number of fused-ring (bicyclic) bond motifs is 1. The Morgan fingerprint density at radius 3 is 1.97 bits per heavy atom. The zero-order valence-corrected chi connectivity index (χ0v) is 24.5. The summed E-state index contributed by atoms with van der Waals surface area (Å²) < 4.78 is 9.49. The Balaban J connectivity index is 1.63. The Morgan fingerprint density at radius 1 is 0.947 bits per heavy atom. The number of nitrogens with zero attached hydrogens (tertiary/aromatic N) is 9. The van der Waals surface area contributed by atoms with E-state index in [9.17, 15) is 9.70 Å². The maximum atomic E-state index is 11.6. The summed E-state index contributed by atoms with van der Waals surface area (Å²) in [7, 11) is 2.15. The van der Waals surface area contributed by atoms with Crippen LogP contribution < -0.4 is 17.8 Å². The van der Waals surface area contributed by atoms with Crippen molar-refractivity contribution in [2.24, 2.45) is 5.34 Å². The molecule has 0 aliphatic carbocycles. The van der Waals surface area contributed by atoms with E-state index in [1.165, 1.54) is 17.3 Å². The van der Waals surface area contributed by atoms with Crippen molar-refractivity contribution in [2.75, 3.05) is 68.7 Å². The molecule has 0 spiro atoms. The van der Waals surface area contributed by atoms with Gasteiger partial charge in [0.2, 0.25) is 0 Å². The molecule has 1 unspecified atom stereocenters. The summed E-state index contributed by atoms with van der Waals surface area (Å²) in [4.78, 5) is 52.5. The SMILES string of the molecule is CCN(COC(=O)ON=O)c1nc(N2CCCCC2)c2nc(N(C)I3CC3C)nc(N3CCCCC3)c2n1. The van der Waals surface area contributed by atoms with Crippen molar-refractivity contribution in [1.29, 1.82) is 0 Å². The fourth-order valence-electron chi connectivity index (χ4n) is 5.01. The minimum absolute atomic E-state index is 0.178. The number of anilines is 4. The van der Waals surface area contributed by atoms with Gasteiger partial charge in [0.15, 0.2) is 5.34 Å². The van der Waals surface area contributed by atoms with E-state index in [0.717, 1.165) is 84.4 Å². The van der Waals surface area contributed by atoms with Crippen molar-refractivity contribution >= 4 is 60.8 Å². The average Bonchev–Trinajstić information content (AvgIpc) is 3.69. The van der Waals surface area contributed by atoms with Crippen LogP contribution in [-0.2, 0) is 9.57 Å². The van der Waals surface area contributed by atoms with E-state index in [1.807, 2.05) is 6.92 Å². The minimum atomic E-state index is -1.24. The van der Waals surface area contributed by atoms with Gasteiger partial charge in [0.05, 0.1) is 0 Å². The van der Waals surface area contributed by atoms with Crippen LogP contribution in [0.2, 0.25) is 0 Å². The summed E-state index contributed by atoms with van der Waals surface area (Å²) in [6.45, 7) is 8.19. The first-order valence-corrected chi connectivity index (χ1v) is 17.1. The van der Waals surface area contributed by atoms with Gasteiger partial charge >= 0.3 is 220 Å². The number of halogens is 1. The van der Waals surface area contributed by atoms with E-state index in [-0.39, 0.29) is 6.73 Å². The van der Waals surface area contributed by atoms with Crippen molar-refractivity contribution < 1.29 is 14.4 Å². The maximum absolute atomic E-state index is 11.6. The molecule has 3 aliphatic heterocycles. The van der Waals surface area contributed by atoms with E-state index in [0.29, 0.717) is 12.5 Å². The molecule has 14 heteroatoms. The molecule has 2 aromatic rings. The molecule has 3 aliphatic rings. The zero-order chi connectivity index (χ0) is 26.6. The quantitative estimate of drug-likeness (QED) is 0.0737. The molecule has 0 N–H and O–H groups in total. The van der Waals surface area contributed by atoms with Crippen LogP contribution in [-0.4, -0.2) is 80.9 Å². The number of ether oxygens (including phenoxy) is 1. The summed E-state index contributed by atoms with van der Waals surface area (Å²) in [5.41, 5.74) is 1.50. The van der Waals surface area contributed by atoms with Crippen LogP contribution in [0, 0.1) is 4.91 Å². The molecular weight excluding hydrogens is 605 g/mol. The van der Waals surface area contributed by atoms with E-state index < -0.39 is 26.2 Å². The second kappa shape index (κ2) is 11.9. The number of hydrogen-bond acceptors (Lipinski definition) is 13. The van der Waals surface area contributed by atoms with Gasteiger partial charge in [-0.05, 0) is 0 Å². The molecule has 1 atom stereocenters. The van der Waals surface area contributed by atoms with Crippen molar-refractivity contribution in [3.63, 3.8) is 0 Å². The van der Waals surface area contributed by atoms with Crippen molar-refractivity contribution in [3.8, 4) is 0 Å². The molecule has 5 rings (SSSR count). The predicted molar refractivity (Wildman–Crippen MR) is 155 cm³/mol. The molecular formula is C24H36IN9O4. The van der Waals surface area contributed by atoms with Crippen LogP contribution >= 0.6 is 20.1 Å². The predicted octanol–water partition coefficient (Wildman–Crippen LogP) is 4.28. The summed E-state index contributed by atoms with van der Waals surface area (Å²) in [6.07, 6.45) is 5.66. The standard InChI is InChI=1S/C24H36IN9O4/c1-4-32(16-37-24(35)38-30-36)23-27-19-18(21(29-23)34-13-9-6-10-14-34)26-22(31(3)25-15-17(25)2)28-20(19)33-11-7-5-8-12-33/h17H,4-16H2,1-3H3. The molecule has 208 valence electrons. The Kier molecular flexibility index (Phi) is 8.43. The summed E-state index contributed by atoms with van der Waals surface area (Å²) in [6, 6.07) is 0. The Labute approximate surface area is 229 Å². The van der Waals surface area contributed by atoms with E-state index in [4.69, 9.17) is 24.7 Å². The van der Waals surface area contributed by atoms with Crippen LogP contribution in [0.4, 0.5) is 28.3 Å². The topological polar surface area (TPSA) is 129 Å². The summed E-state index contributed by atoms with van der Waals surface area (Å²) in [5.74, 6) is 2.84. The molecule has 0 bridgehead atoms. The van der Waals surface area contributed by atoms with Gasteiger partial charge in [-0.2, -0.15) is 0 Å². The van der Waals surface area contributed by atoms with Crippen LogP contribution in [0.3, 0.4) is 0 Å². The number of aromatic nitrogens is 4. The molecule has 3 fully saturated rings. The molecule has 3 saturated heterocycles. The number of piperidine rings is 2. The molecule has 0 saturated carbocycles. The van der Waals surface area contributed by atoms with Gasteiger partial charge < -0.3 is 0 Å². The zero-order valence-electron chi connectivity index (χ0n) is 22.3. The molecule has 2 aromatic heterocycles. The number of hydrogen-bond donors (Lipinski definition) is 0. The van der Waals surface area contributed by atoms with Gasteiger partial charge in [0.25, 0.3) is 0 Å². The van der Waals surface area contributed by atoms with Gasteiger partial charge in [-0.1, -0.05) is 0 Å². The van der Waals surface area contributed by atoms with Crippen LogP contribution in [0.15, 0.2) is 5.34 Å². The molecule has 0 aromatic carbocycles. The van der Waals surface area contributed by atoms with Gasteiger partial charge in [0.1, 0.15) is 0 Å². The summed E-state index contributed by atoms with van der Waals surface area (Å²) in [5, 5.41) is 2.13. The number of carbonyl (C=O) groups excluding carboxylic acids is 1. The average molecular weight is 642 g/mol. The fraction of sp³-hybridized carbons (Fsp3) is 0.708. The van der Waals surface area contributed by atoms with Crippen molar-refractivity contribution in [3.05, 3.63) is 4.91 Å². The number of rotatable bonds is 9. The second-order valence-corrected chi connectivity index (χ2v) is 16.4. The van der Waals surface area contributed by atoms with Gasteiger partial charge in [-0.15, -0.1) is 4.91 Å². The van der Waals surface area contributed by atoms with Crippen molar-refractivity contribution in [1.82, 2.24) is 19.9 Å². The number of alkyl halides is 2. The third kappa shape index (κ3) is 5.78. The van der Waals surface area contributed by atoms with Gasteiger partial charge in [-0.25, -0.2) is 0 Å². The molecule has 0 amide bonds. The molecule has 13 nitrogen and oxygen atoms in total. The normalized spacial score (nSPS) is 20.3. The van der Waals surface area contributed by atoms with E-state index >= 15 is 0 Å². The molecule has 0 radical (unpaired) electrons. The Morgan fingerprint density at radius 2 is 1.47 bits per heavy atom. The Bertz CT molecular complexity index is 1160. The van der Waals surface area contributed by atoms with Gasteiger partial charge in [-0.3, -0.25) is 0 Å². The first-order chi connectivity index (χ1) is 18.5. The van der Waals surface area contributed by atoms with Crippen LogP contribution in [0.5, 0.6) is 0 Å². The first-order valence-electron chi connectivity index (χ1n) is 13.4. The fourth-order valence-corrected chi connectivity index (χ4v) is 9.84. The third-order valence-corrected chi connectivity index (χ3v) is 13.5. The Hall–Kier alpha value is -2.78. The summed E-state index contributed by atoms with van der Waals surface area (Å²) >= 11 is -1.24. The second-order valence-electron chi connectivity index (χ2n) is 9.82. The van der Waals surface area contributed by atoms with Crippen molar-refractivity contribution in [2.45, 2.75) is 56.3 Å². The molecule has 5 heterocycles. The molecule has 38 heavy (non-hydrogen) atoms. The third-order valence-electron chi connectivity index (χ3n) is 7.21. The first kappa shape index (κ1) is 26.8. The van der Waals surface area contributed by atoms with Crippen LogP contribution in [0.25, 0.3) is 11.0 Å². The van der Waals surface area contributed by atoms with Gasteiger partial charge in [0, 0.05) is 0 Å². The van der Waals surface area contributed by atoms with E-state index in [1.54, 1.807) is 4.90 Å².